The van der Waals surface area contributed by atoms with E-state index in [0.717, 1.165) is 42.5 Å². The van der Waals surface area contributed by atoms with E-state index in [1.54, 1.807) is 12.3 Å². The van der Waals surface area contributed by atoms with E-state index in [0.29, 0.717) is 31.1 Å². The number of methoxy groups -OCH3 is 1. The second kappa shape index (κ2) is 13.3. The van der Waals surface area contributed by atoms with Crippen molar-refractivity contribution in [3.8, 4) is 5.75 Å². The number of benzene rings is 2. The minimum atomic E-state index is -3.04. The number of hydrogen-bond donors (Lipinski definition) is 1. The van der Waals surface area contributed by atoms with Gasteiger partial charge in [0.25, 0.3) is 5.91 Å². The standard InChI is InChI=1S/C28H34F2N2O4/c1-4-6-20(7-5-8-25(33)21-11-9-19(2)10-12-21)17-32-18-23-24(32)14-13-22(26(23)36-28(29)30)27(34)31-15-16-35-3/h9-14,18,20,28H,4-8,15-17H2,1-3H3/p+1. The molecule has 36 heavy (non-hydrogen) atoms. The van der Waals surface area contributed by atoms with Crippen molar-refractivity contribution in [2.45, 2.75) is 52.6 Å². The Bertz CT molecular complexity index is 1080. The fourth-order valence-corrected chi connectivity index (χ4v) is 4.48. The van der Waals surface area contributed by atoms with Gasteiger partial charge in [-0.25, -0.2) is 0 Å². The molecular weight excluding hydrogens is 466 g/mol. The fraction of sp³-hybridized carbons (Fsp3) is 0.464. The van der Waals surface area contributed by atoms with Gasteiger partial charge in [0, 0.05) is 37.6 Å². The lowest BCUT2D eigenvalue weighted by atomic mass is 9.93. The van der Waals surface area contributed by atoms with Crippen LogP contribution in [0.2, 0.25) is 0 Å². The number of carbonyl (C=O) groups excluding carboxylic acids is 2. The van der Waals surface area contributed by atoms with Crippen molar-refractivity contribution < 1.29 is 32.4 Å². The molecule has 1 aliphatic rings. The number of aryl methyl sites for hydroxylation is 1. The van der Waals surface area contributed by atoms with Crippen LogP contribution < -0.4 is 10.1 Å². The van der Waals surface area contributed by atoms with Crippen LogP contribution in [0.1, 0.15) is 70.9 Å². The molecule has 194 valence electrons. The number of hydrogen-bond acceptors (Lipinski definition) is 4. The third kappa shape index (κ3) is 7.20. The predicted molar refractivity (Wildman–Crippen MR) is 135 cm³/mol. The highest BCUT2D eigenvalue weighted by Crippen LogP contribution is 2.38. The molecule has 6 nitrogen and oxygen atoms in total. The van der Waals surface area contributed by atoms with Crippen molar-refractivity contribution in [3.05, 3.63) is 58.7 Å². The molecule has 0 radical (unpaired) electrons. The molecule has 8 heteroatoms. The van der Waals surface area contributed by atoms with Crippen LogP contribution in [0.4, 0.5) is 14.5 Å². The molecule has 0 fully saturated rings. The van der Waals surface area contributed by atoms with Crippen LogP contribution >= 0.6 is 0 Å². The van der Waals surface area contributed by atoms with E-state index in [1.807, 2.05) is 35.8 Å². The lowest BCUT2D eigenvalue weighted by molar-refractivity contribution is -0.456. The monoisotopic (exact) mass is 501 g/mol. The van der Waals surface area contributed by atoms with Crippen molar-refractivity contribution in [1.29, 1.82) is 0 Å². The van der Waals surface area contributed by atoms with Gasteiger partial charge in [0.2, 0.25) is 5.69 Å². The second-order valence-corrected chi connectivity index (χ2v) is 9.12. The molecule has 2 aromatic rings. The van der Waals surface area contributed by atoms with E-state index in [2.05, 4.69) is 12.2 Å². The molecule has 3 rings (SSSR count). The van der Waals surface area contributed by atoms with Crippen LogP contribution in [0.5, 0.6) is 5.75 Å². The average Bonchev–Trinajstić information content (AvgIpc) is 2.83. The average molecular weight is 502 g/mol. The van der Waals surface area contributed by atoms with Gasteiger partial charge in [-0.3, -0.25) is 9.59 Å². The maximum atomic E-state index is 13.1. The Morgan fingerprint density at radius 3 is 2.50 bits per heavy atom. The molecule has 1 aliphatic heterocycles. The summed E-state index contributed by atoms with van der Waals surface area (Å²) in [6.45, 7) is 2.38. The number of ether oxygens (including phenoxy) is 2. The maximum Gasteiger partial charge on any atom is 0.387 e. The third-order valence-corrected chi connectivity index (χ3v) is 6.35. The summed E-state index contributed by atoms with van der Waals surface area (Å²) in [7, 11) is 1.51. The van der Waals surface area contributed by atoms with Gasteiger partial charge in [0.1, 0.15) is 0 Å². The van der Waals surface area contributed by atoms with Crippen molar-refractivity contribution in [3.63, 3.8) is 0 Å². The molecule has 1 atom stereocenters. The number of nitrogens with zero attached hydrogens (tertiary/aromatic N) is 1. The number of halogens is 2. The number of fused-ring (bicyclic) bond motifs is 1. The highest BCUT2D eigenvalue weighted by atomic mass is 19.3. The lowest BCUT2D eigenvalue weighted by Gasteiger charge is -2.22. The van der Waals surface area contributed by atoms with Crippen molar-refractivity contribution in [1.82, 2.24) is 5.32 Å². The topological polar surface area (TPSA) is 67.6 Å². The van der Waals surface area contributed by atoms with Crippen LogP contribution in [0.15, 0.2) is 36.4 Å². The van der Waals surface area contributed by atoms with Crippen LogP contribution in [-0.2, 0) is 4.74 Å². The number of amides is 1. The van der Waals surface area contributed by atoms with Gasteiger partial charge in [-0.2, -0.15) is 13.4 Å². The van der Waals surface area contributed by atoms with Crippen molar-refractivity contribution in [2.24, 2.45) is 5.92 Å². The number of carbonyl (C=O) groups is 2. The molecule has 0 saturated carbocycles. The summed E-state index contributed by atoms with van der Waals surface area (Å²) in [5.41, 5.74) is 3.20. The Hall–Kier alpha value is -3.13. The van der Waals surface area contributed by atoms with Crippen LogP contribution in [0.3, 0.4) is 0 Å². The summed E-state index contributed by atoms with van der Waals surface area (Å²) >= 11 is 0. The maximum absolute atomic E-state index is 13.1. The number of nitrogens with one attached hydrogen (secondary N) is 1. The Morgan fingerprint density at radius 1 is 1.08 bits per heavy atom. The molecule has 0 bridgehead atoms. The largest absolute Gasteiger partial charge is 0.433 e. The predicted octanol–water partition coefficient (Wildman–Crippen LogP) is 5.52. The van der Waals surface area contributed by atoms with Gasteiger partial charge in [0.15, 0.2) is 29.9 Å². The van der Waals surface area contributed by atoms with Crippen LogP contribution in [0, 0.1) is 12.8 Å². The van der Waals surface area contributed by atoms with Crippen LogP contribution in [-0.4, -0.2) is 55.9 Å². The van der Waals surface area contributed by atoms with E-state index in [4.69, 9.17) is 9.47 Å². The minimum absolute atomic E-state index is 0.0702. The highest BCUT2D eigenvalue weighted by molar-refractivity contribution is 6.03. The Morgan fingerprint density at radius 2 is 1.83 bits per heavy atom. The summed E-state index contributed by atoms with van der Waals surface area (Å²) in [6, 6.07) is 10.9. The lowest BCUT2D eigenvalue weighted by Crippen LogP contribution is -2.30. The fourth-order valence-electron chi connectivity index (χ4n) is 4.48. The van der Waals surface area contributed by atoms with E-state index in [-0.39, 0.29) is 23.6 Å². The molecule has 1 N–H and O–H groups in total. The number of Topliss-reactive ketones (excluding diaryl/α,β-unsaturated/α-hetero) is 1. The van der Waals surface area contributed by atoms with E-state index in [1.165, 1.54) is 13.2 Å². The van der Waals surface area contributed by atoms with E-state index < -0.39 is 12.5 Å². The Labute approximate surface area is 211 Å². The third-order valence-electron chi connectivity index (χ3n) is 6.35. The molecular formula is C28H35F2N2O4+. The summed E-state index contributed by atoms with van der Waals surface area (Å²) in [5, 5.41) is 2.65. The van der Waals surface area contributed by atoms with Crippen LogP contribution in [0.25, 0.3) is 0 Å². The van der Waals surface area contributed by atoms with E-state index in [9.17, 15) is 18.4 Å². The van der Waals surface area contributed by atoms with Gasteiger partial charge >= 0.3 is 6.61 Å². The van der Waals surface area contributed by atoms with Gasteiger partial charge in [-0.05, 0) is 32.3 Å². The summed E-state index contributed by atoms with van der Waals surface area (Å²) < 4.78 is 38.0. The molecule has 0 spiro atoms. The number of alkyl halides is 2. The molecule has 0 aromatic heterocycles. The molecule has 1 heterocycles. The zero-order valence-corrected chi connectivity index (χ0v) is 21.2. The normalized spacial score (nSPS) is 13.0. The minimum Gasteiger partial charge on any atom is -0.433 e. The second-order valence-electron chi connectivity index (χ2n) is 9.12. The van der Waals surface area contributed by atoms with Crippen molar-refractivity contribution in [2.75, 3.05) is 26.8 Å². The zero-order valence-electron chi connectivity index (χ0n) is 21.2. The zero-order chi connectivity index (χ0) is 26.1. The van der Waals surface area contributed by atoms with Crippen molar-refractivity contribution >= 4 is 23.6 Å². The molecule has 0 aliphatic carbocycles. The van der Waals surface area contributed by atoms with Gasteiger partial charge in [-0.1, -0.05) is 43.2 Å². The first-order valence-corrected chi connectivity index (χ1v) is 12.4. The number of rotatable bonds is 15. The molecule has 2 aromatic carbocycles. The first-order valence-electron chi connectivity index (χ1n) is 12.4. The van der Waals surface area contributed by atoms with Gasteiger partial charge in [0.05, 0.1) is 12.2 Å². The molecule has 1 unspecified atom stereocenters. The summed E-state index contributed by atoms with van der Waals surface area (Å²) in [4.78, 5) is 25.0. The number of ketones is 1. The first kappa shape index (κ1) is 27.5. The van der Waals surface area contributed by atoms with Gasteiger partial charge < -0.3 is 14.8 Å². The Balaban J connectivity index is 1.64. The SMILES string of the molecule is CCCC(CCCC(=O)c1ccc(C)cc1)C[N+]1=Cc2c1ccc(C(=O)NCCOC)c2OC(F)F. The summed E-state index contributed by atoms with van der Waals surface area (Å²) in [6.07, 6.45) is 5.96. The smallest absolute Gasteiger partial charge is 0.387 e. The quantitative estimate of drug-likeness (QED) is 0.198. The molecule has 0 saturated heterocycles. The Kier molecular flexibility index (Phi) is 10.1. The molecule has 1 amide bonds. The van der Waals surface area contributed by atoms with Gasteiger partial charge in [-0.15, -0.1) is 0 Å². The summed E-state index contributed by atoms with van der Waals surface area (Å²) in [5.74, 6) is -0.0956. The highest BCUT2D eigenvalue weighted by Gasteiger charge is 2.35. The van der Waals surface area contributed by atoms with E-state index >= 15 is 0 Å². The first-order chi connectivity index (χ1) is 17.3.